The lowest BCUT2D eigenvalue weighted by Gasteiger charge is -2.14. The average Bonchev–Trinajstić information content (AvgIpc) is 2.77. The molecule has 0 bridgehead atoms. The van der Waals surface area contributed by atoms with Gasteiger partial charge in [0.1, 0.15) is 22.5 Å². The molecule has 0 saturated carbocycles. The highest BCUT2D eigenvalue weighted by Gasteiger charge is 2.23. The van der Waals surface area contributed by atoms with Crippen molar-refractivity contribution in [2.45, 2.75) is 0 Å². The van der Waals surface area contributed by atoms with Gasteiger partial charge in [0.15, 0.2) is 0 Å². The van der Waals surface area contributed by atoms with Crippen molar-refractivity contribution >= 4 is 40.2 Å². The van der Waals surface area contributed by atoms with Gasteiger partial charge in [-0.15, -0.1) is 0 Å². The molecule has 27 heavy (non-hydrogen) atoms. The Kier molecular flexibility index (Phi) is 5.45. The second-order valence-electron chi connectivity index (χ2n) is 6.08. The second kappa shape index (κ2) is 7.78. The van der Waals surface area contributed by atoms with E-state index in [1.54, 1.807) is 18.2 Å². The number of nitriles is 1. The van der Waals surface area contributed by atoms with Gasteiger partial charge in [-0.2, -0.15) is 5.26 Å². The molecule has 3 rings (SSSR count). The van der Waals surface area contributed by atoms with E-state index in [0.717, 1.165) is 11.1 Å². The lowest BCUT2D eigenvalue weighted by Crippen LogP contribution is -2.13. The lowest BCUT2D eigenvalue weighted by atomic mass is 9.98. The van der Waals surface area contributed by atoms with Gasteiger partial charge in [0.25, 0.3) is 0 Å². The molecule has 0 amide bonds. The summed E-state index contributed by atoms with van der Waals surface area (Å²) in [6, 6.07) is 13.1. The Balaban J connectivity index is 2.34. The highest BCUT2D eigenvalue weighted by Crippen LogP contribution is 2.33. The zero-order valence-corrected chi connectivity index (χ0v) is 16.6. The summed E-state index contributed by atoms with van der Waals surface area (Å²) >= 11 is 12.0. The van der Waals surface area contributed by atoms with Gasteiger partial charge in [-0.1, -0.05) is 42.0 Å². The third-order valence-electron chi connectivity index (χ3n) is 3.94. The minimum absolute atomic E-state index is 0.406. The first-order valence-electron chi connectivity index (χ1n) is 8.10. The lowest BCUT2D eigenvalue weighted by molar-refractivity contribution is 0.413. The number of methoxy groups -OCH3 is 1. The molecule has 0 aromatic heterocycles. The molecule has 0 radical (unpaired) electrons. The van der Waals surface area contributed by atoms with Crippen LogP contribution in [0.1, 0.15) is 16.7 Å². The summed E-state index contributed by atoms with van der Waals surface area (Å²) in [5, 5.41) is 13.3. The van der Waals surface area contributed by atoms with E-state index in [1.165, 1.54) is 7.11 Å². The summed E-state index contributed by atoms with van der Waals surface area (Å²) in [6.45, 7) is 0. The number of hydrogen-bond donors (Lipinski definition) is 1. The Labute approximate surface area is 168 Å². The van der Waals surface area contributed by atoms with E-state index in [0.29, 0.717) is 38.4 Å². The molecule has 2 aromatic rings. The van der Waals surface area contributed by atoms with E-state index in [1.807, 2.05) is 43.4 Å². The molecule has 0 aliphatic carbocycles. The van der Waals surface area contributed by atoms with Crippen LogP contribution in [0.15, 0.2) is 53.3 Å². The molecular formula is C20H17ClN4OS. The number of ether oxygens (including phenoxy) is 1. The number of hydrogen-bond acceptors (Lipinski definition) is 5. The van der Waals surface area contributed by atoms with Gasteiger partial charge >= 0.3 is 0 Å². The molecule has 0 fully saturated rings. The second-order valence-corrected chi connectivity index (χ2v) is 6.90. The zero-order chi connectivity index (χ0) is 19.6. The van der Waals surface area contributed by atoms with Crippen molar-refractivity contribution in [1.82, 2.24) is 4.90 Å². The molecule has 0 saturated heterocycles. The van der Waals surface area contributed by atoms with Crippen LogP contribution in [0.4, 0.5) is 5.69 Å². The fourth-order valence-electron chi connectivity index (χ4n) is 2.74. The van der Waals surface area contributed by atoms with E-state index in [9.17, 15) is 5.26 Å². The van der Waals surface area contributed by atoms with Gasteiger partial charge in [-0.3, -0.25) is 0 Å². The molecular weight excluding hydrogens is 380 g/mol. The maximum atomic E-state index is 9.50. The third kappa shape index (κ3) is 3.80. The summed E-state index contributed by atoms with van der Waals surface area (Å²) in [5.74, 6) is 0.463. The van der Waals surface area contributed by atoms with E-state index in [2.05, 4.69) is 11.4 Å². The molecule has 1 aliphatic heterocycles. The van der Waals surface area contributed by atoms with Gasteiger partial charge in [0.2, 0.25) is 0 Å². The number of fused-ring (bicyclic) bond motifs is 1. The highest BCUT2D eigenvalue weighted by molar-refractivity contribution is 7.81. The topological polar surface area (TPSA) is 60.6 Å². The van der Waals surface area contributed by atoms with Crippen LogP contribution < -0.4 is 10.1 Å². The minimum atomic E-state index is 0.406. The summed E-state index contributed by atoms with van der Waals surface area (Å²) in [7, 11) is 5.32. The van der Waals surface area contributed by atoms with E-state index >= 15 is 0 Å². The summed E-state index contributed by atoms with van der Waals surface area (Å²) in [5.41, 5.74) is 3.82. The van der Waals surface area contributed by atoms with Crippen LogP contribution >= 0.6 is 23.8 Å². The molecule has 7 heteroatoms. The standard InChI is InChI=1S/C20H17ClN4OS/c1-25(2)11-17-20(27)24-16-9-18(26-3)12(10-22)8-14(16)19(23-17)13-6-4-5-7-15(13)21/h4-9,11H,1-3H3,(H,24,27)/b17-11-. The number of rotatable bonds is 3. The smallest absolute Gasteiger partial charge is 0.138 e. The van der Waals surface area contributed by atoms with Crippen LogP contribution in [0.2, 0.25) is 5.02 Å². The van der Waals surface area contributed by atoms with Crippen LogP contribution in [0.25, 0.3) is 0 Å². The van der Waals surface area contributed by atoms with Gasteiger partial charge < -0.3 is 15.0 Å². The summed E-state index contributed by atoms with van der Waals surface area (Å²) < 4.78 is 5.34. The fourth-order valence-corrected chi connectivity index (χ4v) is 3.18. The van der Waals surface area contributed by atoms with Crippen LogP contribution in [-0.2, 0) is 0 Å². The van der Waals surface area contributed by atoms with Crippen LogP contribution in [0, 0.1) is 11.3 Å². The molecule has 136 valence electrons. The fraction of sp³-hybridized carbons (Fsp3) is 0.150. The van der Waals surface area contributed by atoms with Gasteiger partial charge in [-0.05, 0) is 12.1 Å². The zero-order valence-electron chi connectivity index (χ0n) is 15.1. The summed E-state index contributed by atoms with van der Waals surface area (Å²) in [4.78, 5) is 7.14. The Bertz CT molecular complexity index is 1020. The predicted molar refractivity (Wildman–Crippen MR) is 113 cm³/mol. The molecule has 0 unspecified atom stereocenters. The number of benzene rings is 2. The molecule has 2 aromatic carbocycles. The van der Waals surface area contributed by atoms with Gasteiger partial charge in [0, 0.05) is 42.5 Å². The number of anilines is 1. The number of aliphatic imine (C=N–C) groups is 1. The molecule has 1 N–H and O–H groups in total. The first kappa shape index (κ1) is 18.9. The maximum absolute atomic E-state index is 9.50. The Morgan fingerprint density at radius 1 is 1.26 bits per heavy atom. The van der Waals surface area contributed by atoms with Crippen molar-refractivity contribution in [3.63, 3.8) is 0 Å². The normalized spacial score (nSPS) is 14.6. The molecule has 1 heterocycles. The van der Waals surface area contributed by atoms with E-state index in [4.69, 9.17) is 33.5 Å². The Hall–Kier alpha value is -2.88. The Morgan fingerprint density at radius 3 is 2.63 bits per heavy atom. The monoisotopic (exact) mass is 396 g/mol. The maximum Gasteiger partial charge on any atom is 0.138 e. The average molecular weight is 397 g/mol. The first-order valence-corrected chi connectivity index (χ1v) is 8.89. The molecule has 0 spiro atoms. The minimum Gasteiger partial charge on any atom is -0.495 e. The largest absolute Gasteiger partial charge is 0.495 e. The number of thiocarbonyl (C=S) groups is 1. The van der Waals surface area contributed by atoms with Gasteiger partial charge in [-0.25, -0.2) is 4.99 Å². The Morgan fingerprint density at radius 2 is 2.00 bits per heavy atom. The van der Waals surface area contributed by atoms with Crippen molar-refractivity contribution in [2.24, 2.45) is 4.99 Å². The van der Waals surface area contributed by atoms with Crippen molar-refractivity contribution < 1.29 is 4.74 Å². The summed E-state index contributed by atoms with van der Waals surface area (Å²) in [6.07, 6.45) is 1.83. The van der Waals surface area contributed by atoms with Crippen LogP contribution in [-0.4, -0.2) is 36.8 Å². The molecule has 0 atom stereocenters. The van der Waals surface area contributed by atoms with E-state index < -0.39 is 0 Å². The van der Waals surface area contributed by atoms with Gasteiger partial charge in [0.05, 0.1) is 24.1 Å². The van der Waals surface area contributed by atoms with Crippen molar-refractivity contribution in [3.05, 3.63) is 70.0 Å². The molecule has 1 aliphatic rings. The number of nitrogens with zero attached hydrogens (tertiary/aromatic N) is 3. The number of halogens is 1. The van der Waals surface area contributed by atoms with Crippen molar-refractivity contribution in [3.8, 4) is 11.8 Å². The third-order valence-corrected chi connectivity index (χ3v) is 4.58. The van der Waals surface area contributed by atoms with Crippen molar-refractivity contribution in [2.75, 3.05) is 26.5 Å². The molecule has 5 nitrogen and oxygen atoms in total. The number of nitrogens with one attached hydrogen (secondary N) is 1. The highest BCUT2D eigenvalue weighted by atomic mass is 35.5. The quantitative estimate of drug-likeness (QED) is 0.622. The van der Waals surface area contributed by atoms with E-state index in [-0.39, 0.29) is 0 Å². The predicted octanol–water partition coefficient (Wildman–Crippen LogP) is 4.21. The van der Waals surface area contributed by atoms with Crippen molar-refractivity contribution in [1.29, 1.82) is 5.26 Å². The first-order chi connectivity index (χ1) is 12.9. The number of benzodiazepines with no additional fused rings is 1. The SMILES string of the molecule is COc1cc2c(cc1C#N)C(c1ccccc1Cl)=N/C(=C\N(C)C)C(=S)N2. The van der Waals surface area contributed by atoms with Crippen LogP contribution in [0.3, 0.4) is 0 Å². The van der Waals surface area contributed by atoms with Crippen LogP contribution in [0.5, 0.6) is 5.75 Å².